The van der Waals surface area contributed by atoms with Crippen molar-refractivity contribution in [3.05, 3.63) is 55.7 Å². The van der Waals surface area contributed by atoms with Gasteiger partial charge in [-0.1, -0.05) is 29.3 Å². The lowest BCUT2D eigenvalue weighted by atomic mass is 10.0. The summed E-state index contributed by atoms with van der Waals surface area (Å²) in [5.41, 5.74) is 1.77. The smallest absolute Gasteiger partial charge is 0.212 e. The van der Waals surface area contributed by atoms with Crippen molar-refractivity contribution in [2.75, 3.05) is 6.54 Å². The molecule has 1 aromatic carbocycles. The third-order valence-electron chi connectivity index (χ3n) is 3.91. The first-order valence-corrected chi connectivity index (χ1v) is 10.1. The van der Waals surface area contributed by atoms with E-state index in [2.05, 4.69) is 0 Å². The fraction of sp³-hybridized carbons (Fsp3) is 0.333. The zero-order valence-corrected chi connectivity index (χ0v) is 15.1. The molecule has 1 atom stereocenters. The van der Waals surface area contributed by atoms with Gasteiger partial charge in [0, 0.05) is 17.5 Å². The van der Waals surface area contributed by atoms with Gasteiger partial charge in [-0.05, 0) is 48.1 Å². The molecule has 0 radical (unpaired) electrons. The molecular weight excluding hydrogens is 361 g/mol. The second kappa shape index (κ2) is 6.13. The molecule has 1 aromatic heterocycles. The second-order valence-electron chi connectivity index (χ2n) is 5.34. The summed E-state index contributed by atoms with van der Waals surface area (Å²) in [4.78, 5) is 1.29. The van der Waals surface area contributed by atoms with E-state index < -0.39 is 10.0 Å². The molecule has 2 aromatic rings. The maximum absolute atomic E-state index is 12.7. The zero-order valence-electron chi connectivity index (χ0n) is 11.9. The summed E-state index contributed by atoms with van der Waals surface area (Å²) in [6.07, 6.45) is 0.776. The highest BCUT2D eigenvalue weighted by Gasteiger charge is 2.33. The van der Waals surface area contributed by atoms with Gasteiger partial charge in [0.05, 0.1) is 15.8 Å². The minimum Gasteiger partial charge on any atom is -0.212 e. The fourth-order valence-corrected chi connectivity index (χ4v) is 5.80. The number of thiophene rings is 1. The standard InChI is InChI=1S/C15H15Cl2NO2S2/c1-10-12-5-7-21-15(12)4-6-18(10)22(19,20)9-11-2-3-13(16)14(17)8-11/h2-3,5,7-8,10H,4,6,9H2,1H3. The van der Waals surface area contributed by atoms with E-state index in [1.54, 1.807) is 33.8 Å². The Labute approximate surface area is 144 Å². The molecule has 3 nitrogen and oxygen atoms in total. The van der Waals surface area contributed by atoms with Crippen LogP contribution < -0.4 is 0 Å². The quantitative estimate of drug-likeness (QED) is 0.791. The molecule has 118 valence electrons. The Morgan fingerprint density at radius 1 is 1.27 bits per heavy atom. The molecule has 0 spiro atoms. The molecular formula is C15H15Cl2NO2S2. The summed E-state index contributed by atoms with van der Waals surface area (Å²) in [6.45, 7) is 2.47. The average Bonchev–Trinajstić information content (AvgIpc) is 2.92. The van der Waals surface area contributed by atoms with Crippen LogP contribution in [-0.2, 0) is 22.2 Å². The molecule has 1 unspecified atom stereocenters. The summed E-state index contributed by atoms with van der Waals surface area (Å²) in [5, 5.41) is 2.83. The highest BCUT2D eigenvalue weighted by atomic mass is 35.5. The minimum atomic E-state index is -3.40. The van der Waals surface area contributed by atoms with Gasteiger partial charge in [0.1, 0.15) is 0 Å². The van der Waals surface area contributed by atoms with E-state index >= 15 is 0 Å². The van der Waals surface area contributed by atoms with E-state index in [1.807, 2.05) is 18.4 Å². The Morgan fingerprint density at radius 3 is 2.77 bits per heavy atom. The minimum absolute atomic E-state index is 0.0618. The lowest BCUT2D eigenvalue weighted by Crippen LogP contribution is -2.38. The Kier molecular flexibility index (Phi) is 4.54. The van der Waals surface area contributed by atoms with Gasteiger partial charge in [-0.15, -0.1) is 11.3 Å². The van der Waals surface area contributed by atoms with Crippen molar-refractivity contribution in [1.82, 2.24) is 4.31 Å². The maximum Gasteiger partial charge on any atom is 0.218 e. The monoisotopic (exact) mass is 375 g/mol. The number of nitrogens with zero attached hydrogens (tertiary/aromatic N) is 1. The Hall–Kier alpha value is -0.590. The van der Waals surface area contributed by atoms with Crippen molar-refractivity contribution >= 4 is 44.6 Å². The lowest BCUT2D eigenvalue weighted by Gasteiger charge is -2.32. The molecule has 0 saturated carbocycles. The summed E-state index contributed by atoms with van der Waals surface area (Å²) in [7, 11) is -3.40. The van der Waals surface area contributed by atoms with Crippen LogP contribution >= 0.6 is 34.5 Å². The highest BCUT2D eigenvalue weighted by Crippen LogP contribution is 2.35. The van der Waals surface area contributed by atoms with Gasteiger partial charge >= 0.3 is 0 Å². The first-order valence-electron chi connectivity index (χ1n) is 6.88. The molecule has 0 N–H and O–H groups in total. The second-order valence-corrected chi connectivity index (χ2v) is 9.08. The number of benzene rings is 1. The molecule has 0 fully saturated rings. The van der Waals surface area contributed by atoms with Gasteiger partial charge in [0.2, 0.25) is 10.0 Å². The Morgan fingerprint density at radius 2 is 2.05 bits per heavy atom. The van der Waals surface area contributed by atoms with Crippen molar-refractivity contribution in [1.29, 1.82) is 0 Å². The van der Waals surface area contributed by atoms with Crippen LogP contribution in [0.2, 0.25) is 10.0 Å². The van der Waals surface area contributed by atoms with Crippen LogP contribution in [0.4, 0.5) is 0 Å². The zero-order chi connectivity index (χ0) is 15.9. The Bertz CT molecular complexity index is 802. The van der Waals surface area contributed by atoms with Crippen LogP contribution in [0.1, 0.15) is 29.0 Å². The van der Waals surface area contributed by atoms with Gasteiger partial charge in [-0.25, -0.2) is 8.42 Å². The molecule has 7 heteroatoms. The first-order chi connectivity index (χ1) is 10.4. The van der Waals surface area contributed by atoms with Crippen molar-refractivity contribution in [3.63, 3.8) is 0 Å². The van der Waals surface area contributed by atoms with Crippen molar-refractivity contribution in [3.8, 4) is 0 Å². The van der Waals surface area contributed by atoms with Gasteiger partial charge in [-0.3, -0.25) is 0 Å². The van der Waals surface area contributed by atoms with Crippen LogP contribution in [0, 0.1) is 0 Å². The topological polar surface area (TPSA) is 37.4 Å². The molecule has 1 aliphatic rings. The predicted molar refractivity (Wildman–Crippen MR) is 92.2 cm³/mol. The predicted octanol–water partition coefficient (Wildman–Crippen LogP) is 4.50. The molecule has 1 aliphatic heterocycles. The van der Waals surface area contributed by atoms with Gasteiger partial charge in [0.25, 0.3) is 0 Å². The van der Waals surface area contributed by atoms with Crippen LogP contribution in [0.15, 0.2) is 29.6 Å². The number of hydrogen-bond donors (Lipinski definition) is 0. The van der Waals surface area contributed by atoms with Crippen LogP contribution in [0.25, 0.3) is 0 Å². The average molecular weight is 376 g/mol. The number of rotatable bonds is 3. The molecule has 2 heterocycles. The van der Waals surface area contributed by atoms with E-state index in [0.717, 1.165) is 12.0 Å². The van der Waals surface area contributed by atoms with E-state index in [4.69, 9.17) is 23.2 Å². The number of sulfonamides is 1. The van der Waals surface area contributed by atoms with Crippen molar-refractivity contribution < 1.29 is 8.42 Å². The summed E-state index contributed by atoms with van der Waals surface area (Å²) < 4.78 is 27.1. The van der Waals surface area contributed by atoms with E-state index in [0.29, 0.717) is 22.2 Å². The van der Waals surface area contributed by atoms with Crippen LogP contribution in [-0.4, -0.2) is 19.3 Å². The largest absolute Gasteiger partial charge is 0.218 e. The summed E-state index contributed by atoms with van der Waals surface area (Å²) in [6, 6.07) is 6.85. The molecule has 0 aliphatic carbocycles. The van der Waals surface area contributed by atoms with Crippen molar-refractivity contribution in [2.45, 2.75) is 25.1 Å². The van der Waals surface area contributed by atoms with Crippen molar-refractivity contribution in [2.24, 2.45) is 0 Å². The number of halogens is 2. The molecule has 0 amide bonds. The molecule has 22 heavy (non-hydrogen) atoms. The SMILES string of the molecule is CC1c2ccsc2CCN1S(=O)(=O)Cc1ccc(Cl)c(Cl)c1. The summed E-state index contributed by atoms with van der Waals surface area (Å²) >= 11 is 13.5. The van der Waals surface area contributed by atoms with E-state index in [1.165, 1.54) is 4.88 Å². The maximum atomic E-state index is 12.7. The number of hydrogen-bond acceptors (Lipinski definition) is 3. The normalized spacial score (nSPS) is 19.1. The first kappa shape index (κ1) is 16.3. The fourth-order valence-electron chi connectivity index (χ4n) is 2.79. The lowest BCUT2D eigenvalue weighted by molar-refractivity contribution is 0.328. The Balaban J connectivity index is 1.86. The van der Waals surface area contributed by atoms with E-state index in [9.17, 15) is 8.42 Å². The van der Waals surface area contributed by atoms with Crippen LogP contribution in [0.5, 0.6) is 0 Å². The van der Waals surface area contributed by atoms with Gasteiger partial charge in [-0.2, -0.15) is 4.31 Å². The summed E-state index contributed by atoms with van der Waals surface area (Å²) in [5.74, 6) is -0.0618. The van der Waals surface area contributed by atoms with Gasteiger partial charge < -0.3 is 0 Å². The van der Waals surface area contributed by atoms with Crippen LogP contribution in [0.3, 0.4) is 0 Å². The third-order valence-corrected chi connectivity index (χ3v) is 7.56. The number of fused-ring (bicyclic) bond motifs is 1. The molecule has 0 bridgehead atoms. The van der Waals surface area contributed by atoms with E-state index in [-0.39, 0.29) is 11.8 Å². The molecule has 3 rings (SSSR count). The van der Waals surface area contributed by atoms with Gasteiger partial charge in [0.15, 0.2) is 0 Å². The highest BCUT2D eigenvalue weighted by molar-refractivity contribution is 7.88. The third kappa shape index (κ3) is 3.05. The molecule has 0 saturated heterocycles.